The van der Waals surface area contributed by atoms with Crippen molar-refractivity contribution in [3.63, 3.8) is 0 Å². The maximum absolute atomic E-state index is 12.6. The van der Waals surface area contributed by atoms with E-state index in [1.165, 1.54) is 10.3 Å². The van der Waals surface area contributed by atoms with Gasteiger partial charge in [0.25, 0.3) is 0 Å². The van der Waals surface area contributed by atoms with Crippen LogP contribution in [0.4, 0.5) is 5.69 Å². The Bertz CT molecular complexity index is 1080. The van der Waals surface area contributed by atoms with E-state index in [2.05, 4.69) is 17.0 Å². The summed E-state index contributed by atoms with van der Waals surface area (Å²) in [5.74, 6) is 0.322. The highest BCUT2D eigenvalue weighted by molar-refractivity contribution is 5.80. The number of nitrogens with zero attached hydrogens (tertiary/aromatic N) is 3. The lowest BCUT2D eigenvalue weighted by Crippen LogP contribution is -2.73. The van der Waals surface area contributed by atoms with Crippen LogP contribution in [0.3, 0.4) is 0 Å². The van der Waals surface area contributed by atoms with Crippen LogP contribution in [0.5, 0.6) is 5.75 Å². The molecule has 2 aliphatic heterocycles. The largest absolute Gasteiger partial charge is 0.497 e. The highest BCUT2D eigenvalue weighted by atomic mass is 16.5. The van der Waals surface area contributed by atoms with Gasteiger partial charge in [-0.25, -0.2) is 4.79 Å². The zero-order chi connectivity index (χ0) is 19.3. The first kappa shape index (κ1) is 16.9. The molecule has 2 aliphatic rings. The fourth-order valence-electron chi connectivity index (χ4n) is 4.28. The number of carbonyl (C=O) groups is 1. The van der Waals surface area contributed by atoms with Crippen molar-refractivity contribution in [3.8, 4) is 5.75 Å². The molecule has 7 heteroatoms. The van der Waals surface area contributed by atoms with Crippen LogP contribution < -0.4 is 15.4 Å². The standard InChI is InChI=1S/C21H21N3O4/c1-27-16-8-6-15(7-9-16)22-11-21(12-22)13-23(14-21)19(25)10-24-17-4-2-3-5-18(17)28-20(24)26/h2-9H,10-14H2,1H3. The summed E-state index contributed by atoms with van der Waals surface area (Å²) >= 11 is 0. The SMILES string of the molecule is COc1ccc(N2CC3(CN(C(=O)Cn4c(=O)oc5ccccc54)C3)C2)cc1. The van der Waals surface area contributed by atoms with E-state index in [-0.39, 0.29) is 17.9 Å². The molecule has 0 saturated carbocycles. The number of para-hydroxylation sites is 2. The average Bonchev–Trinajstić information content (AvgIpc) is 2.95. The molecule has 1 aromatic heterocycles. The maximum atomic E-state index is 12.6. The van der Waals surface area contributed by atoms with E-state index in [1.807, 2.05) is 29.2 Å². The van der Waals surface area contributed by atoms with Crippen molar-refractivity contribution < 1.29 is 13.9 Å². The molecular weight excluding hydrogens is 358 g/mol. The first-order valence-electron chi connectivity index (χ1n) is 9.32. The molecular formula is C21H21N3O4. The monoisotopic (exact) mass is 379 g/mol. The topological polar surface area (TPSA) is 67.9 Å². The Kier molecular flexibility index (Phi) is 3.72. The summed E-state index contributed by atoms with van der Waals surface area (Å²) in [6, 6.07) is 15.2. The van der Waals surface area contributed by atoms with Crippen LogP contribution in [-0.2, 0) is 11.3 Å². The van der Waals surface area contributed by atoms with Crippen molar-refractivity contribution in [2.75, 3.05) is 38.2 Å². The molecule has 0 aliphatic carbocycles. The molecule has 1 amide bonds. The number of amides is 1. The van der Waals surface area contributed by atoms with Gasteiger partial charge in [-0.3, -0.25) is 9.36 Å². The summed E-state index contributed by atoms with van der Waals surface area (Å²) < 4.78 is 11.8. The van der Waals surface area contributed by atoms with E-state index < -0.39 is 5.76 Å². The Morgan fingerprint density at radius 1 is 1.07 bits per heavy atom. The molecule has 2 aromatic carbocycles. The van der Waals surface area contributed by atoms with Crippen molar-refractivity contribution in [3.05, 3.63) is 59.1 Å². The van der Waals surface area contributed by atoms with Crippen LogP contribution >= 0.6 is 0 Å². The molecule has 28 heavy (non-hydrogen) atoms. The fraction of sp³-hybridized carbons (Fsp3) is 0.333. The lowest BCUT2D eigenvalue weighted by atomic mass is 9.72. The number of oxazole rings is 1. The van der Waals surface area contributed by atoms with E-state index in [0.29, 0.717) is 11.1 Å². The second-order valence-electron chi connectivity index (χ2n) is 7.73. The molecule has 0 N–H and O–H groups in total. The van der Waals surface area contributed by atoms with Crippen LogP contribution in [0.2, 0.25) is 0 Å². The molecule has 3 heterocycles. The third-order valence-electron chi connectivity index (χ3n) is 5.76. The quantitative estimate of drug-likeness (QED) is 0.693. The minimum atomic E-state index is -0.487. The summed E-state index contributed by atoms with van der Waals surface area (Å²) in [4.78, 5) is 28.8. The zero-order valence-corrected chi connectivity index (χ0v) is 15.6. The number of anilines is 1. The van der Waals surface area contributed by atoms with Gasteiger partial charge in [0.1, 0.15) is 12.3 Å². The number of rotatable bonds is 4. The number of carbonyl (C=O) groups excluding carboxylic acids is 1. The van der Waals surface area contributed by atoms with E-state index in [0.717, 1.165) is 31.9 Å². The highest BCUT2D eigenvalue weighted by Gasteiger charge is 2.53. The first-order chi connectivity index (χ1) is 13.6. The van der Waals surface area contributed by atoms with Crippen molar-refractivity contribution in [1.82, 2.24) is 9.47 Å². The maximum Gasteiger partial charge on any atom is 0.420 e. The minimum Gasteiger partial charge on any atom is -0.497 e. The van der Waals surface area contributed by atoms with Crippen molar-refractivity contribution in [1.29, 1.82) is 0 Å². The molecule has 144 valence electrons. The second-order valence-corrected chi connectivity index (χ2v) is 7.73. The third-order valence-corrected chi connectivity index (χ3v) is 5.76. The smallest absolute Gasteiger partial charge is 0.420 e. The number of hydrogen-bond donors (Lipinski definition) is 0. The Morgan fingerprint density at radius 2 is 1.79 bits per heavy atom. The van der Waals surface area contributed by atoms with E-state index >= 15 is 0 Å². The number of hydrogen-bond acceptors (Lipinski definition) is 5. The van der Waals surface area contributed by atoms with Crippen molar-refractivity contribution >= 4 is 22.7 Å². The molecule has 0 bridgehead atoms. The van der Waals surface area contributed by atoms with Gasteiger partial charge in [-0.15, -0.1) is 0 Å². The number of fused-ring (bicyclic) bond motifs is 1. The van der Waals surface area contributed by atoms with Gasteiger partial charge in [-0.2, -0.15) is 0 Å². The number of benzene rings is 2. The Hall–Kier alpha value is -3.22. The normalized spacial score (nSPS) is 17.5. The average molecular weight is 379 g/mol. The van der Waals surface area contributed by atoms with Gasteiger partial charge in [-0.1, -0.05) is 12.1 Å². The number of ether oxygens (including phenoxy) is 1. The number of methoxy groups -OCH3 is 1. The van der Waals surface area contributed by atoms with Crippen molar-refractivity contribution in [2.24, 2.45) is 5.41 Å². The van der Waals surface area contributed by atoms with Gasteiger partial charge >= 0.3 is 5.76 Å². The number of likely N-dealkylation sites (tertiary alicyclic amines) is 1. The van der Waals surface area contributed by atoms with Crippen LogP contribution in [0.15, 0.2) is 57.7 Å². The fourth-order valence-corrected chi connectivity index (χ4v) is 4.28. The summed E-state index contributed by atoms with van der Waals surface area (Å²) in [5, 5.41) is 0. The summed E-state index contributed by atoms with van der Waals surface area (Å²) in [5.41, 5.74) is 2.52. The van der Waals surface area contributed by atoms with Crippen LogP contribution in [0, 0.1) is 5.41 Å². The molecule has 0 atom stereocenters. The molecule has 0 unspecified atom stereocenters. The highest BCUT2D eigenvalue weighted by Crippen LogP contribution is 2.42. The summed E-state index contributed by atoms with van der Waals surface area (Å²) in [6.07, 6.45) is 0. The minimum absolute atomic E-state index is 0.0219. The molecule has 5 rings (SSSR count). The van der Waals surface area contributed by atoms with Crippen LogP contribution in [0.25, 0.3) is 11.1 Å². The van der Waals surface area contributed by atoms with Gasteiger partial charge in [-0.05, 0) is 36.4 Å². The molecule has 7 nitrogen and oxygen atoms in total. The van der Waals surface area contributed by atoms with Crippen LogP contribution in [-0.4, -0.2) is 48.7 Å². The van der Waals surface area contributed by atoms with Gasteiger partial charge < -0.3 is 19.0 Å². The summed E-state index contributed by atoms with van der Waals surface area (Å²) in [7, 11) is 1.66. The molecule has 1 spiro atoms. The summed E-state index contributed by atoms with van der Waals surface area (Å²) in [6.45, 7) is 3.38. The Balaban J connectivity index is 1.20. The predicted octanol–water partition coefficient (Wildman–Crippen LogP) is 1.95. The lowest BCUT2D eigenvalue weighted by molar-refractivity contribution is -0.145. The molecule has 2 fully saturated rings. The first-order valence-corrected chi connectivity index (χ1v) is 9.32. The van der Waals surface area contributed by atoms with Gasteiger partial charge in [0.2, 0.25) is 5.91 Å². The van der Waals surface area contributed by atoms with Gasteiger partial charge in [0.05, 0.1) is 12.6 Å². The Morgan fingerprint density at radius 3 is 2.50 bits per heavy atom. The van der Waals surface area contributed by atoms with Gasteiger partial charge in [0, 0.05) is 37.3 Å². The van der Waals surface area contributed by atoms with Crippen LogP contribution in [0.1, 0.15) is 0 Å². The molecule has 3 aromatic rings. The molecule has 0 radical (unpaired) electrons. The van der Waals surface area contributed by atoms with E-state index in [1.54, 1.807) is 19.2 Å². The molecule has 2 saturated heterocycles. The van der Waals surface area contributed by atoms with Crippen molar-refractivity contribution in [2.45, 2.75) is 6.54 Å². The number of aromatic nitrogens is 1. The van der Waals surface area contributed by atoms with E-state index in [9.17, 15) is 9.59 Å². The predicted molar refractivity (Wildman–Crippen MR) is 105 cm³/mol. The van der Waals surface area contributed by atoms with E-state index in [4.69, 9.17) is 9.15 Å². The van der Waals surface area contributed by atoms with Gasteiger partial charge in [0.15, 0.2) is 5.58 Å². The third kappa shape index (κ3) is 2.66. The Labute approximate surface area is 161 Å². The lowest BCUT2D eigenvalue weighted by Gasteiger charge is -2.61. The second kappa shape index (κ2) is 6.15. The zero-order valence-electron chi connectivity index (χ0n) is 15.6.